The van der Waals surface area contributed by atoms with Crippen molar-refractivity contribution < 1.29 is 9.53 Å². The van der Waals surface area contributed by atoms with E-state index in [0.717, 1.165) is 6.61 Å². The fraction of sp³-hybridized carbons (Fsp3) is 0.846. The van der Waals surface area contributed by atoms with Crippen LogP contribution in [0.3, 0.4) is 0 Å². The number of aliphatic hydroxyl groups is 1. The van der Waals surface area contributed by atoms with Crippen molar-refractivity contribution in [1.82, 2.24) is 0 Å². The van der Waals surface area contributed by atoms with Crippen LogP contribution in [0, 0.1) is 5.41 Å². The zero-order valence-corrected chi connectivity index (χ0v) is 12.9. The van der Waals surface area contributed by atoms with E-state index in [1.54, 1.807) is 6.08 Å². The van der Waals surface area contributed by atoms with Gasteiger partial charge >= 0.3 is 0 Å². The molecule has 0 unspecified atom stereocenters. The number of aliphatic hydroxyl groups excluding tert-OH is 1. The Morgan fingerprint density at radius 2 is 1.62 bits per heavy atom. The lowest BCUT2D eigenvalue weighted by Crippen LogP contribution is -2.42. The van der Waals surface area contributed by atoms with Crippen molar-refractivity contribution in [1.29, 1.82) is 0 Å². The molecule has 0 fully saturated rings. The molecular formula is C13H28O2Si. The van der Waals surface area contributed by atoms with Gasteiger partial charge < -0.3 is 9.53 Å². The minimum absolute atomic E-state index is 0.00174. The van der Waals surface area contributed by atoms with Crippen molar-refractivity contribution in [3.8, 4) is 0 Å². The molecule has 0 amide bonds. The van der Waals surface area contributed by atoms with Gasteiger partial charge in [0.15, 0.2) is 8.32 Å². The van der Waals surface area contributed by atoms with Gasteiger partial charge in [-0.3, -0.25) is 0 Å². The maximum atomic E-state index is 8.77. The van der Waals surface area contributed by atoms with Gasteiger partial charge in [0.05, 0.1) is 6.61 Å². The molecule has 0 radical (unpaired) electrons. The third-order valence-electron chi connectivity index (χ3n) is 3.29. The SMILES string of the molecule is CC(C)(/C=C/CO)CO[Si](C)(C)C(C)(C)C. The van der Waals surface area contributed by atoms with Gasteiger partial charge in [0.2, 0.25) is 0 Å². The molecule has 3 heteroatoms. The molecule has 0 bridgehead atoms. The molecule has 16 heavy (non-hydrogen) atoms. The minimum atomic E-state index is -1.65. The zero-order chi connectivity index (χ0) is 13.0. The summed E-state index contributed by atoms with van der Waals surface area (Å²) in [6.07, 6.45) is 3.81. The molecule has 0 aliphatic rings. The Balaban J connectivity index is 4.39. The van der Waals surface area contributed by atoms with Crippen LogP contribution in [0.1, 0.15) is 34.6 Å². The normalized spacial score (nSPS) is 14.8. The van der Waals surface area contributed by atoms with E-state index in [1.165, 1.54) is 0 Å². The van der Waals surface area contributed by atoms with Crippen molar-refractivity contribution >= 4 is 8.32 Å². The van der Waals surface area contributed by atoms with Crippen molar-refractivity contribution in [3.63, 3.8) is 0 Å². The van der Waals surface area contributed by atoms with Crippen LogP contribution in [-0.4, -0.2) is 26.6 Å². The molecule has 0 rings (SSSR count). The third kappa shape index (κ3) is 5.28. The Hall–Kier alpha value is -0.123. The summed E-state index contributed by atoms with van der Waals surface area (Å²) in [5.74, 6) is 0. The molecule has 0 aromatic heterocycles. The fourth-order valence-electron chi connectivity index (χ4n) is 1.00. The second-order valence-electron chi connectivity index (χ2n) is 6.62. The monoisotopic (exact) mass is 244 g/mol. The second-order valence-corrected chi connectivity index (χ2v) is 11.4. The average molecular weight is 244 g/mol. The van der Waals surface area contributed by atoms with Crippen molar-refractivity contribution in [2.75, 3.05) is 13.2 Å². The van der Waals surface area contributed by atoms with Gasteiger partial charge in [-0.05, 0) is 18.1 Å². The molecule has 0 aromatic rings. The Morgan fingerprint density at radius 1 is 1.12 bits per heavy atom. The highest BCUT2D eigenvalue weighted by Crippen LogP contribution is 2.37. The van der Waals surface area contributed by atoms with Crippen LogP contribution in [0.2, 0.25) is 18.1 Å². The number of rotatable bonds is 5. The lowest BCUT2D eigenvalue weighted by Gasteiger charge is -2.38. The summed E-state index contributed by atoms with van der Waals surface area (Å²) >= 11 is 0. The average Bonchev–Trinajstić information content (AvgIpc) is 2.10. The molecule has 96 valence electrons. The van der Waals surface area contributed by atoms with E-state index < -0.39 is 8.32 Å². The van der Waals surface area contributed by atoms with E-state index >= 15 is 0 Å². The predicted molar refractivity (Wildman–Crippen MR) is 73.2 cm³/mol. The van der Waals surface area contributed by atoms with Gasteiger partial charge in [0.25, 0.3) is 0 Å². The lowest BCUT2D eigenvalue weighted by atomic mass is 9.95. The molecule has 0 aromatic carbocycles. The van der Waals surface area contributed by atoms with E-state index in [1.807, 2.05) is 6.08 Å². The second kappa shape index (κ2) is 5.47. The highest BCUT2D eigenvalue weighted by atomic mass is 28.4. The van der Waals surface area contributed by atoms with Crippen LogP contribution in [0.5, 0.6) is 0 Å². The highest BCUT2D eigenvalue weighted by Gasteiger charge is 2.38. The molecule has 0 heterocycles. The maximum Gasteiger partial charge on any atom is 0.192 e. The first-order valence-electron chi connectivity index (χ1n) is 5.94. The van der Waals surface area contributed by atoms with E-state index in [2.05, 4.69) is 47.7 Å². The molecule has 0 spiro atoms. The van der Waals surface area contributed by atoms with Gasteiger partial charge in [-0.2, -0.15) is 0 Å². The molecule has 1 N–H and O–H groups in total. The third-order valence-corrected chi connectivity index (χ3v) is 7.76. The van der Waals surface area contributed by atoms with Crippen LogP contribution in [0.15, 0.2) is 12.2 Å². The summed E-state index contributed by atoms with van der Waals surface area (Å²) in [5, 5.41) is 9.02. The molecule has 2 nitrogen and oxygen atoms in total. The van der Waals surface area contributed by atoms with Crippen LogP contribution in [-0.2, 0) is 4.43 Å². The first-order valence-corrected chi connectivity index (χ1v) is 8.85. The van der Waals surface area contributed by atoms with Crippen LogP contribution in [0.4, 0.5) is 0 Å². The van der Waals surface area contributed by atoms with E-state index in [-0.39, 0.29) is 17.1 Å². The van der Waals surface area contributed by atoms with Gasteiger partial charge in [-0.25, -0.2) is 0 Å². The zero-order valence-electron chi connectivity index (χ0n) is 11.9. The van der Waals surface area contributed by atoms with E-state index in [4.69, 9.17) is 9.53 Å². The smallest absolute Gasteiger partial charge is 0.192 e. The molecular weight excluding hydrogens is 216 g/mol. The fourth-order valence-corrected chi connectivity index (χ4v) is 2.17. The highest BCUT2D eigenvalue weighted by molar-refractivity contribution is 6.74. The van der Waals surface area contributed by atoms with E-state index in [9.17, 15) is 0 Å². The van der Waals surface area contributed by atoms with Gasteiger partial charge in [-0.1, -0.05) is 46.8 Å². The van der Waals surface area contributed by atoms with Gasteiger partial charge in [0.1, 0.15) is 0 Å². The summed E-state index contributed by atoms with van der Waals surface area (Å²) in [7, 11) is -1.65. The molecule has 0 aliphatic heterocycles. The van der Waals surface area contributed by atoms with Gasteiger partial charge in [0, 0.05) is 12.0 Å². The van der Waals surface area contributed by atoms with Crippen molar-refractivity contribution in [2.24, 2.45) is 5.41 Å². The molecule has 0 saturated carbocycles. The number of hydrogen-bond donors (Lipinski definition) is 1. The number of hydrogen-bond acceptors (Lipinski definition) is 2. The molecule has 0 aliphatic carbocycles. The van der Waals surface area contributed by atoms with Crippen molar-refractivity contribution in [2.45, 2.75) is 52.8 Å². The Morgan fingerprint density at radius 3 is 2.00 bits per heavy atom. The standard InChI is InChI=1S/C13H28O2Si/c1-12(2,3)16(6,7)15-11-13(4,5)9-8-10-14/h8-9,14H,10-11H2,1-7H3/b9-8+. The maximum absolute atomic E-state index is 8.77. The topological polar surface area (TPSA) is 29.5 Å². The van der Waals surface area contributed by atoms with Crippen LogP contribution in [0.25, 0.3) is 0 Å². The molecule has 0 saturated heterocycles. The van der Waals surface area contributed by atoms with Crippen LogP contribution >= 0.6 is 0 Å². The summed E-state index contributed by atoms with van der Waals surface area (Å²) < 4.78 is 6.16. The summed E-state index contributed by atoms with van der Waals surface area (Å²) in [4.78, 5) is 0. The lowest BCUT2D eigenvalue weighted by molar-refractivity contribution is 0.201. The molecule has 0 atom stereocenters. The minimum Gasteiger partial charge on any atom is -0.416 e. The summed E-state index contributed by atoms with van der Waals surface area (Å²) in [6, 6.07) is 0. The summed E-state index contributed by atoms with van der Waals surface area (Å²) in [6.45, 7) is 16.3. The Labute approximate surface area is 102 Å². The Bertz CT molecular complexity index is 237. The van der Waals surface area contributed by atoms with Crippen LogP contribution < -0.4 is 0 Å². The first-order chi connectivity index (χ1) is 7.02. The Kier molecular flexibility index (Phi) is 5.43. The summed E-state index contributed by atoms with van der Waals surface area (Å²) in [5.41, 5.74) is -0.00174. The van der Waals surface area contributed by atoms with Crippen molar-refractivity contribution in [3.05, 3.63) is 12.2 Å². The quantitative estimate of drug-likeness (QED) is 0.591. The first kappa shape index (κ1) is 15.9. The predicted octanol–water partition coefficient (Wildman–Crippen LogP) is 3.58. The van der Waals surface area contributed by atoms with E-state index in [0.29, 0.717) is 0 Å². The largest absolute Gasteiger partial charge is 0.416 e. The van der Waals surface area contributed by atoms with Gasteiger partial charge in [-0.15, -0.1) is 0 Å².